The molecule has 0 aliphatic heterocycles. The smallest absolute Gasteiger partial charge is 0.233 e. The van der Waals surface area contributed by atoms with Crippen LogP contribution in [0.2, 0.25) is 0 Å². The van der Waals surface area contributed by atoms with Crippen molar-refractivity contribution in [2.75, 3.05) is 12.8 Å². The van der Waals surface area contributed by atoms with Crippen LogP contribution in [0.25, 0.3) is 16.7 Å². The summed E-state index contributed by atoms with van der Waals surface area (Å²) in [7, 11) is 1.67. The minimum Gasteiger partial charge on any atom is -0.341 e. The fraction of sp³-hybridized carbons (Fsp3) is 0.143. The van der Waals surface area contributed by atoms with Crippen molar-refractivity contribution in [1.82, 2.24) is 24.6 Å². The van der Waals surface area contributed by atoms with Crippen molar-refractivity contribution < 1.29 is 9.18 Å². The number of aromatic nitrogens is 4. The lowest BCUT2D eigenvalue weighted by Crippen LogP contribution is -2.28. The first-order valence-corrected chi connectivity index (χ1v) is 9.96. The van der Waals surface area contributed by atoms with Crippen LogP contribution < -0.4 is 0 Å². The molecule has 2 aromatic heterocycles. The van der Waals surface area contributed by atoms with E-state index in [0.29, 0.717) is 16.2 Å². The number of benzene rings is 2. The van der Waals surface area contributed by atoms with Crippen molar-refractivity contribution in [3.8, 4) is 5.69 Å². The third kappa shape index (κ3) is 4.12. The Kier molecular flexibility index (Phi) is 5.53. The number of hydrogen-bond donors (Lipinski definition) is 0. The van der Waals surface area contributed by atoms with Crippen molar-refractivity contribution >= 4 is 28.7 Å². The average molecular weight is 407 g/mol. The number of rotatable bonds is 6. The molecule has 146 valence electrons. The molecule has 0 unspecified atom stereocenters. The van der Waals surface area contributed by atoms with Gasteiger partial charge in [0.2, 0.25) is 5.91 Å². The first-order valence-electron chi connectivity index (χ1n) is 8.98. The van der Waals surface area contributed by atoms with E-state index >= 15 is 0 Å². The van der Waals surface area contributed by atoms with E-state index < -0.39 is 0 Å². The number of carbonyl (C=O) groups is 1. The van der Waals surface area contributed by atoms with Gasteiger partial charge in [-0.05, 0) is 18.2 Å². The topological polar surface area (TPSA) is 63.9 Å². The molecule has 4 rings (SSSR count). The Bertz CT molecular complexity index is 1150. The first kappa shape index (κ1) is 19.1. The van der Waals surface area contributed by atoms with Crippen molar-refractivity contribution in [3.63, 3.8) is 0 Å². The summed E-state index contributed by atoms with van der Waals surface area (Å²) in [6.07, 6.45) is 3.18. The molecule has 0 spiro atoms. The van der Waals surface area contributed by atoms with Gasteiger partial charge in [-0.25, -0.2) is 19.0 Å². The van der Waals surface area contributed by atoms with Gasteiger partial charge >= 0.3 is 0 Å². The van der Waals surface area contributed by atoms with E-state index in [4.69, 9.17) is 0 Å². The first-order chi connectivity index (χ1) is 14.1. The Morgan fingerprint density at radius 3 is 2.66 bits per heavy atom. The number of amides is 1. The SMILES string of the molecule is CN(Cc1ccccc1F)C(=O)CSc1ncnc2c1cnn2-c1ccccc1. The predicted octanol–water partition coefficient (Wildman–Crippen LogP) is 3.71. The zero-order chi connectivity index (χ0) is 20.2. The molecule has 0 saturated carbocycles. The summed E-state index contributed by atoms with van der Waals surface area (Å²) >= 11 is 1.32. The van der Waals surface area contributed by atoms with Crippen molar-refractivity contribution in [1.29, 1.82) is 0 Å². The number of fused-ring (bicyclic) bond motifs is 1. The fourth-order valence-corrected chi connectivity index (χ4v) is 3.81. The van der Waals surface area contributed by atoms with Gasteiger partial charge in [0.15, 0.2) is 5.65 Å². The fourth-order valence-electron chi connectivity index (χ4n) is 2.91. The van der Waals surface area contributed by atoms with Crippen LogP contribution in [-0.4, -0.2) is 43.4 Å². The molecule has 6 nitrogen and oxygen atoms in total. The summed E-state index contributed by atoms with van der Waals surface area (Å²) in [6, 6.07) is 16.2. The molecule has 0 saturated heterocycles. The minimum atomic E-state index is -0.314. The van der Waals surface area contributed by atoms with E-state index in [1.54, 1.807) is 36.1 Å². The molecule has 0 aliphatic carbocycles. The monoisotopic (exact) mass is 407 g/mol. The van der Waals surface area contributed by atoms with Gasteiger partial charge in [0.25, 0.3) is 0 Å². The molecule has 2 aromatic carbocycles. The van der Waals surface area contributed by atoms with Crippen molar-refractivity contribution in [3.05, 3.63) is 78.5 Å². The van der Waals surface area contributed by atoms with Crippen LogP contribution in [0.3, 0.4) is 0 Å². The van der Waals surface area contributed by atoms with Gasteiger partial charge in [0.1, 0.15) is 17.2 Å². The van der Waals surface area contributed by atoms with E-state index in [-0.39, 0.29) is 24.0 Å². The highest BCUT2D eigenvalue weighted by molar-refractivity contribution is 8.00. The molecule has 1 amide bonds. The standard InChI is InChI=1S/C21H18FN5OS/c1-26(12-15-7-5-6-10-18(15)22)19(28)13-29-21-17-11-25-27(20(17)23-14-24-21)16-8-3-2-4-9-16/h2-11,14H,12-13H2,1H3. The minimum absolute atomic E-state index is 0.111. The second-order valence-electron chi connectivity index (χ2n) is 6.44. The highest BCUT2D eigenvalue weighted by atomic mass is 32.2. The molecule has 0 N–H and O–H groups in total. The molecule has 29 heavy (non-hydrogen) atoms. The van der Waals surface area contributed by atoms with Gasteiger partial charge in [-0.2, -0.15) is 5.10 Å². The third-order valence-corrected chi connectivity index (χ3v) is 5.44. The van der Waals surface area contributed by atoms with Crippen LogP contribution >= 0.6 is 11.8 Å². The number of halogens is 1. The lowest BCUT2D eigenvalue weighted by atomic mass is 10.2. The van der Waals surface area contributed by atoms with E-state index in [9.17, 15) is 9.18 Å². The molecule has 0 atom stereocenters. The number of hydrogen-bond acceptors (Lipinski definition) is 5. The van der Waals surface area contributed by atoms with Crippen LogP contribution in [0, 0.1) is 5.82 Å². The Morgan fingerprint density at radius 2 is 1.86 bits per heavy atom. The zero-order valence-electron chi connectivity index (χ0n) is 15.7. The van der Waals surface area contributed by atoms with Gasteiger partial charge < -0.3 is 4.90 Å². The van der Waals surface area contributed by atoms with E-state index in [0.717, 1.165) is 11.1 Å². The number of carbonyl (C=O) groups excluding carboxylic acids is 1. The van der Waals surface area contributed by atoms with Gasteiger partial charge in [0.05, 0.1) is 23.0 Å². The molecule has 0 bridgehead atoms. The maximum Gasteiger partial charge on any atom is 0.233 e. The van der Waals surface area contributed by atoms with Gasteiger partial charge in [0, 0.05) is 19.2 Å². The Balaban J connectivity index is 1.48. The van der Waals surface area contributed by atoms with Crippen LogP contribution in [-0.2, 0) is 11.3 Å². The summed E-state index contributed by atoms with van der Waals surface area (Å²) in [5.74, 6) is -0.237. The Hall–Kier alpha value is -3.26. The summed E-state index contributed by atoms with van der Waals surface area (Å²) < 4.78 is 15.6. The highest BCUT2D eigenvalue weighted by Crippen LogP contribution is 2.26. The summed E-state index contributed by atoms with van der Waals surface area (Å²) in [5.41, 5.74) is 2.07. The molecule has 0 radical (unpaired) electrons. The quantitative estimate of drug-likeness (QED) is 0.360. The number of thioether (sulfide) groups is 1. The Labute approximate surface area is 171 Å². The molecule has 0 aliphatic rings. The molecule has 2 heterocycles. The van der Waals surface area contributed by atoms with Crippen molar-refractivity contribution in [2.24, 2.45) is 0 Å². The normalized spacial score (nSPS) is 11.0. The molecule has 0 fully saturated rings. The molecule has 4 aromatic rings. The number of para-hydroxylation sites is 1. The van der Waals surface area contributed by atoms with Crippen LogP contribution in [0.1, 0.15) is 5.56 Å². The van der Waals surface area contributed by atoms with E-state index in [1.165, 1.54) is 29.1 Å². The summed E-state index contributed by atoms with van der Waals surface area (Å²) in [6.45, 7) is 0.219. The van der Waals surface area contributed by atoms with E-state index in [1.807, 2.05) is 30.3 Å². The van der Waals surface area contributed by atoms with Gasteiger partial charge in [-0.15, -0.1) is 0 Å². The van der Waals surface area contributed by atoms with Crippen LogP contribution in [0.5, 0.6) is 0 Å². The van der Waals surface area contributed by atoms with Crippen LogP contribution in [0.4, 0.5) is 4.39 Å². The number of nitrogens with zero attached hydrogens (tertiary/aromatic N) is 5. The van der Waals surface area contributed by atoms with Gasteiger partial charge in [-0.3, -0.25) is 4.79 Å². The Morgan fingerprint density at radius 1 is 1.10 bits per heavy atom. The lowest BCUT2D eigenvalue weighted by molar-refractivity contribution is -0.127. The molecule has 8 heteroatoms. The maximum atomic E-state index is 13.8. The third-order valence-electron chi connectivity index (χ3n) is 4.45. The zero-order valence-corrected chi connectivity index (χ0v) is 16.5. The van der Waals surface area contributed by atoms with E-state index in [2.05, 4.69) is 15.1 Å². The summed E-state index contributed by atoms with van der Waals surface area (Å²) in [5, 5.41) is 5.89. The molecular weight excluding hydrogens is 389 g/mol. The van der Waals surface area contributed by atoms with Crippen molar-refractivity contribution in [2.45, 2.75) is 11.6 Å². The average Bonchev–Trinajstić information content (AvgIpc) is 3.19. The molecular formula is C21H18FN5OS. The van der Waals surface area contributed by atoms with Gasteiger partial charge in [-0.1, -0.05) is 48.2 Å². The summed E-state index contributed by atoms with van der Waals surface area (Å²) in [4.78, 5) is 22.7. The second kappa shape index (κ2) is 8.40. The maximum absolute atomic E-state index is 13.8. The predicted molar refractivity (Wildman–Crippen MR) is 110 cm³/mol. The highest BCUT2D eigenvalue weighted by Gasteiger charge is 2.15. The van der Waals surface area contributed by atoms with Crippen LogP contribution in [0.15, 0.2) is 72.1 Å². The largest absolute Gasteiger partial charge is 0.341 e. The second-order valence-corrected chi connectivity index (χ2v) is 7.40. The lowest BCUT2D eigenvalue weighted by Gasteiger charge is -2.17.